The van der Waals surface area contributed by atoms with Gasteiger partial charge in [-0.1, -0.05) is 22.9 Å². The summed E-state index contributed by atoms with van der Waals surface area (Å²) in [6, 6.07) is 4.60. The van der Waals surface area contributed by atoms with Crippen molar-refractivity contribution in [3.8, 4) is 0 Å². The van der Waals surface area contributed by atoms with Crippen molar-refractivity contribution in [1.29, 1.82) is 0 Å². The van der Waals surface area contributed by atoms with Crippen molar-refractivity contribution >= 4 is 15.9 Å². The molecule has 0 heterocycles. The Bertz CT molecular complexity index is 358. The number of hydrazine groups is 1. The second kappa shape index (κ2) is 7.06. The summed E-state index contributed by atoms with van der Waals surface area (Å²) >= 11 is 3.41. The van der Waals surface area contributed by atoms with Crippen LogP contribution in [0.15, 0.2) is 22.7 Å². The van der Waals surface area contributed by atoms with E-state index in [1.807, 2.05) is 6.92 Å². The quantitative estimate of drug-likeness (QED) is 0.627. The third-order valence-electron chi connectivity index (χ3n) is 2.82. The van der Waals surface area contributed by atoms with Crippen molar-refractivity contribution in [3.05, 3.63) is 34.1 Å². The zero-order valence-corrected chi connectivity index (χ0v) is 11.6. The molecule has 17 heavy (non-hydrogen) atoms. The Hall–Kier alpha value is -0.490. The van der Waals surface area contributed by atoms with Crippen LogP contribution in [0.2, 0.25) is 0 Å². The van der Waals surface area contributed by atoms with Crippen LogP contribution in [0.5, 0.6) is 0 Å². The maximum absolute atomic E-state index is 13.2. The summed E-state index contributed by atoms with van der Waals surface area (Å²) < 4.78 is 19.4. The second-order valence-electron chi connectivity index (χ2n) is 3.90. The van der Waals surface area contributed by atoms with Crippen molar-refractivity contribution in [2.45, 2.75) is 31.9 Å². The number of hydrogen-bond acceptors (Lipinski definition) is 3. The van der Waals surface area contributed by atoms with Crippen LogP contribution in [-0.4, -0.2) is 19.3 Å². The Morgan fingerprint density at radius 1 is 1.53 bits per heavy atom. The Morgan fingerprint density at radius 3 is 2.76 bits per heavy atom. The molecule has 0 aliphatic rings. The van der Waals surface area contributed by atoms with E-state index in [-0.39, 0.29) is 18.0 Å². The highest BCUT2D eigenvalue weighted by Gasteiger charge is 2.19. The lowest BCUT2D eigenvalue weighted by molar-refractivity contribution is 0.0653. The molecule has 0 amide bonds. The van der Waals surface area contributed by atoms with E-state index in [4.69, 9.17) is 10.6 Å². The topological polar surface area (TPSA) is 47.3 Å². The average molecular weight is 305 g/mol. The van der Waals surface area contributed by atoms with Crippen molar-refractivity contribution in [2.24, 2.45) is 5.84 Å². The highest BCUT2D eigenvalue weighted by atomic mass is 79.9. The zero-order chi connectivity index (χ0) is 12.8. The molecule has 96 valence electrons. The molecule has 3 nitrogen and oxygen atoms in total. The minimum atomic E-state index is -0.246. The molecule has 2 unspecified atom stereocenters. The Labute approximate surface area is 110 Å². The number of benzene rings is 1. The molecule has 0 aliphatic heterocycles. The van der Waals surface area contributed by atoms with E-state index < -0.39 is 0 Å². The van der Waals surface area contributed by atoms with Gasteiger partial charge in [0.25, 0.3) is 0 Å². The number of methoxy groups -OCH3 is 1. The minimum Gasteiger partial charge on any atom is -0.380 e. The van der Waals surface area contributed by atoms with Crippen LogP contribution in [0.3, 0.4) is 0 Å². The SMILES string of the molecule is CCC(OC)C(Cc1cc(F)ccc1Br)NN. The van der Waals surface area contributed by atoms with Crippen LogP contribution >= 0.6 is 15.9 Å². The first-order valence-corrected chi connectivity index (χ1v) is 6.34. The van der Waals surface area contributed by atoms with Crippen LogP contribution in [0, 0.1) is 5.82 Å². The summed E-state index contributed by atoms with van der Waals surface area (Å²) in [5.74, 6) is 5.28. The zero-order valence-electron chi connectivity index (χ0n) is 10.0. The summed E-state index contributed by atoms with van der Waals surface area (Å²) in [7, 11) is 1.65. The molecule has 5 heteroatoms. The van der Waals surface area contributed by atoms with E-state index in [0.717, 1.165) is 16.5 Å². The first-order chi connectivity index (χ1) is 8.12. The van der Waals surface area contributed by atoms with Gasteiger partial charge in [-0.05, 0) is 36.6 Å². The van der Waals surface area contributed by atoms with Gasteiger partial charge in [0, 0.05) is 11.6 Å². The van der Waals surface area contributed by atoms with Crippen LogP contribution in [0.1, 0.15) is 18.9 Å². The van der Waals surface area contributed by atoms with Crippen LogP contribution < -0.4 is 11.3 Å². The van der Waals surface area contributed by atoms with Crippen molar-refractivity contribution < 1.29 is 9.13 Å². The smallest absolute Gasteiger partial charge is 0.123 e. The highest BCUT2D eigenvalue weighted by molar-refractivity contribution is 9.10. The molecule has 0 saturated carbocycles. The molecule has 0 bridgehead atoms. The third-order valence-corrected chi connectivity index (χ3v) is 3.59. The Balaban J connectivity index is 2.83. The van der Waals surface area contributed by atoms with Gasteiger partial charge in [0.1, 0.15) is 5.82 Å². The van der Waals surface area contributed by atoms with E-state index in [1.165, 1.54) is 12.1 Å². The van der Waals surface area contributed by atoms with E-state index in [2.05, 4.69) is 21.4 Å². The third kappa shape index (κ3) is 4.03. The minimum absolute atomic E-state index is 0.00941. The first-order valence-electron chi connectivity index (χ1n) is 5.55. The van der Waals surface area contributed by atoms with Crippen LogP contribution in [-0.2, 0) is 11.2 Å². The second-order valence-corrected chi connectivity index (χ2v) is 4.75. The predicted octanol–water partition coefficient (Wildman–Crippen LogP) is 2.39. The molecule has 0 saturated heterocycles. The fourth-order valence-corrected chi connectivity index (χ4v) is 2.26. The molecular formula is C12H18BrFN2O. The predicted molar refractivity (Wildman–Crippen MR) is 70.0 cm³/mol. The fourth-order valence-electron chi connectivity index (χ4n) is 1.85. The van der Waals surface area contributed by atoms with Gasteiger partial charge < -0.3 is 4.74 Å². The van der Waals surface area contributed by atoms with Gasteiger partial charge in [-0.2, -0.15) is 0 Å². The van der Waals surface area contributed by atoms with E-state index in [1.54, 1.807) is 13.2 Å². The van der Waals surface area contributed by atoms with E-state index >= 15 is 0 Å². The van der Waals surface area contributed by atoms with Gasteiger partial charge in [0.15, 0.2) is 0 Å². The van der Waals surface area contributed by atoms with Gasteiger partial charge in [-0.3, -0.25) is 11.3 Å². The summed E-state index contributed by atoms with van der Waals surface area (Å²) in [5, 5.41) is 0. The molecule has 0 aromatic heterocycles. The highest BCUT2D eigenvalue weighted by Crippen LogP contribution is 2.20. The van der Waals surface area contributed by atoms with Crippen molar-refractivity contribution in [1.82, 2.24) is 5.43 Å². The van der Waals surface area contributed by atoms with Gasteiger partial charge in [0.05, 0.1) is 12.1 Å². The number of ether oxygens (including phenoxy) is 1. The van der Waals surface area contributed by atoms with Crippen LogP contribution in [0.4, 0.5) is 4.39 Å². The maximum Gasteiger partial charge on any atom is 0.123 e. The Kier molecular flexibility index (Phi) is 6.05. The van der Waals surface area contributed by atoms with Crippen molar-refractivity contribution in [3.63, 3.8) is 0 Å². The molecule has 3 N–H and O–H groups in total. The lowest BCUT2D eigenvalue weighted by atomic mass is 10.00. The van der Waals surface area contributed by atoms with E-state index in [0.29, 0.717) is 6.42 Å². The molecule has 0 spiro atoms. The van der Waals surface area contributed by atoms with Crippen LogP contribution in [0.25, 0.3) is 0 Å². The largest absolute Gasteiger partial charge is 0.380 e. The van der Waals surface area contributed by atoms with Gasteiger partial charge in [-0.15, -0.1) is 0 Å². The lowest BCUT2D eigenvalue weighted by Gasteiger charge is -2.24. The molecule has 2 atom stereocenters. The van der Waals surface area contributed by atoms with Crippen molar-refractivity contribution in [2.75, 3.05) is 7.11 Å². The number of nitrogens with two attached hydrogens (primary N) is 1. The summed E-state index contributed by atoms with van der Waals surface area (Å²) in [4.78, 5) is 0. The number of rotatable bonds is 6. The normalized spacial score (nSPS) is 14.6. The lowest BCUT2D eigenvalue weighted by Crippen LogP contribution is -2.46. The van der Waals surface area contributed by atoms with Gasteiger partial charge in [-0.25, -0.2) is 4.39 Å². The van der Waals surface area contributed by atoms with Gasteiger partial charge in [0.2, 0.25) is 0 Å². The number of halogens is 2. The summed E-state index contributed by atoms with van der Waals surface area (Å²) in [6.45, 7) is 2.03. The summed E-state index contributed by atoms with van der Waals surface area (Å²) in [6.07, 6.45) is 1.47. The van der Waals surface area contributed by atoms with E-state index in [9.17, 15) is 4.39 Å². The standard InChI is InChI=1S/C12H18BrFN2O/c1-3-12(17-2)11(16-15)7-8-6-9(14)4-5-10(8)13/h4-6,11-12,16H,3,7,15H2,1-2H3. The molecule has 0 radical (unpaired) electrons. The maximum atomic E-state index is 13.2. The molecule has 0 aliphatic carbocycles. The molecule has 0 fully saturated rings. The fraction of sp³-hybridized carbons (Fsp3) is 0.500. The molecule has 1 aromatic rings. The monoisotopic (exact) mass is 304 g/mol. The van der Waals surface area contributed by atoms with Gasteiger partial charge >= 0.3 is 0 Å². The summed E-state index contributed by atoms with van der Waals surface area (Å²) in [5.41, 5.74) is 3.61. The Morgan fingerprint density at radius 2 is 2.24 bits per heavy atom. The molecular weight excluding hydrogens is 287 g/mol. The first kappa shape index (κ1) is 14.6. The number of nitrogens with one attached hydrogen (secondary N) is 1. The number of hydrogen-bond donors (Lipinski definition) is 2. The average Bonchev–Trinajstić information content (AvgIpc) is 2.33. The molecule has 1 aromatic carbocycles. The molecule has 1 rings (SSSR count).